The molecule has 0 atom stereocenters. The molecule has 0 aliphatic rings. The molecule has 0 saturated heterocycles. The van der Waals surface area contributed by atoms with Crippen LogP contribution >= 0.6 is 0 Å². The summed E-state index contributed by atoms with van der Waals surface area (Å²) in [6.45, 7) is 0. The van der Waals surface area contributed by atoms with E-state index in [0.29, 0.717) is 0 Å². The van der Waals surface area contributed by atoms with E-state index in [2.05, 4.69) is 218 Å². The minimum Gasteiger partial charge on any atom is -0.0619 e. The van der Waals surface area contributed by atoms with E-state index in [4.69, 9.17) is 0 Å². The Kier molecular flexibility index (Phi) is 10.5. The highest BCUT2D eigenvalue weighted by atomic mass is 127. The maximum absolute atomic E-state index is 2.32. The average molecular weight is 804 g/mol. The van der Waals surface area contributed by atoms with E-state index in [0.717, 1.165) is 0 Å². The highest BCUT2D eigenvalue weighted by molar-refractivity contribution is 7.97. The van der Waals surface area contributed by atoms with Gasteiger partial charge in [-0.05, 0) is 168 Å². The van der Waals surface area contributed by atoms with Gasteiger partial charge in [0.05, 0.1) is 21.8 Å². The summed E-state index contributed by atoms with van der Waals surface area (Å²) in [5.74, 6) is 0. The van der Waals surface area contributed by atoms with Crippen LogP contribution in [0.5, 0.6) is 0 Å². The monoisotopic (exact) mass is 803 g/mol. The topological polar surface area (TPSA) is 0 Å². The molecule has 0 spiro atoms. The van der Waals surface area contributed by atoms with Gasteiger partial charge in [0.15, 0.2) is 36.5 Å². The Morgan fingerprint density at radius 2 is 0.431 bits per heavy atom. The summed E-state index contributed by atoms with van der Waals surface area (Å²) >= 11 is -0.268. The lowest BCUT2D eigenvalue weighted by Gasteiger charge is -2.09. The molecular weight excluding hydrogens is 768 g/mol. The van der Waals surface area contributed by atoms with Crippen molar-refractivity contribution in [1.29, 1.82) is 0 Å². The lowest BCUT2D eigenvalue weighted by Crippen LogP contribution is -3.61. The third-order valence-corrected chi connectivity index (χ3v) is 15.8. The van der Waals surface area contributed by atoms with Crippen molar-refractivity contribution in [3.05, 3.63) is 226 Å². The smallest absolute Gasteiger partial charge is 0.0619 e. The summed E-state index contributed by atoms with van der Waals surface area (Å²) in [6.07, 6.45) is 0. The summed E-state index contributed by atoms with van der Waals surface area (Å²) < 4.78 is 2.85. The molecule has 0 heterocycles. The third kappa shape index (κ3) is 7.92. The molecule has 0 N–H and O–H groups in total. The Bertz CT molecular complexity index is 2030. The molecular formula is C48H36IS2+3. The van der Waals surface area contributed by atoms with E-state index in [9.17, 15) is 0 Å². The molecule has 8 aromatic carbocycles. The number of hydrogen-bond donors (Lipinski definition) is 0. The van der Waals surface area contributed by atoms with Crippen LogP contribution in [0.4, 0.5) is 0 Å². The Balaban J connectivity index is 0.945. The van der Waals surface area contributed by atoms with E-state index in [1.54, 1.807) is 0 Å². The lowest BCUT2D eigenvalue weighted by atomic mass is 10.1. The van der Waals surface area contributed by atoms with Crippen LogP contribution in [-0.4, -0.2) is 0 Å². The zero-order chi connectivity index (χ0) is 34.2. The number of halogens is 1. The largest absolute Gasteiger partial charge is 0.357 e. The number of hydrogen-bond acceptors (Lipinski definition) is 0. The highest BCUT2D eigenvalue weighted by Crippen LogP contribution is 2.34. The highest BCUT2D eigenvalue weighted by Gasteiger charge is 2.29. The molecule has 0 aliphatic heterocycles. The molecule has 0 bridgehead atoms. The molecule has 3 heteroatoms. The second kappa shape index (κ2) is 16.0. The van der Waals surface area contributed by atoms with Crippen molar-refractivity contribution < 1.29 is 21.2 Å². The fourth-order valence-corrected chi connectivity index (χ4v) is 12.5. The summed E-state index contributed by atoms with van der Waals surface area (Å²) in [5.41, 5.74) is 5.02. The fourth-order valence-electron chi connectivity index (χ4n) is 6.15. The summed E-state index contributed by atoms with van der Waals surface area (Å²) in [4.78, 5) is 8.03. The molecule has 244 valence electrons. The molecule has 51 heavy (non-hydrogen) atoms. The average Bonchev–Trinajstić information content (AvgIpc) is 3.21. The van der Waals surface area contributed by atoms with E-state index in [1.807, 2.05) is 0 Å². The predicted molar refractivity (Wildman–Crippen MR) is 211 cm³/mol. The van der Waals surface area contributed by atoms with Crippen LogP contribution in [-0.2, 0) is 21.8 Å². The van der Waals surface area contributed by atoms with Crippen LogP contribution in [0.25, 0.3) is 22.3 Å². The first kappa shape index (κ1) is 33.3. The molecule has 0 fully saturated rings. The summed E-state index contributed by atoms with van der Waals surface area (Å²) in [5, 5.41) is 0. The van der Waals surface area contributed by atoms with E-state index < -0.39 is 0 Å². The van der Waals surface area contributed by atoms with Crippen molar-refractivity contribution in [3.8, 4) is 22.3 Å². The molecule has 0 saturated carbocycles. The van der Waals surface area contributed by atoms with Crippen molar-refractivity contribution >= 4 is 21.8 Å². The van der Waals surface area contributed by atoms with Crippen LogP contribution in [0.2, 0.25) is 0 Å². The van der Waals surface area contributed by atoms with Gasteiger partial charge in [-0.1, -0.05) is 72.8 Å². The van der Waals surface area contributed by atoms with Gasteiger partial charge < -0.3 is 0 Å². The quantitative estimate of drug-likeness (QED) is 0.0956. The molecule has 8 aromatic rings. The normalized spacial score (nSPS) is 11.2. The first-order valence-electron chi connectivity index (χ1n) is 17.0. The maximum Gasteiger partial charge on any atom is 0.357 e. The Hall–Kier alpha value is -4.81. The summed E-state index contributed by atoms with van der Waals surface area (Å²) in [6, 6.07) is 80.1. The van der Waals surface area contributed by atoms with Crippen molar-refractivity contribution in [1.82, 2.24) is 0 Å². The minimum absolute atomic E-state index is 0.133. The molecule has 0 aromatic heterocycles. The number of rotatable bonds is 10. The second-order valence-electron chi connectivity index (χ2n) is 12.0. The van der Waals surface area contributed by atoms with Crippen LogP contribution in [0, 0.1) is 7.14 Å². The Morgan fingerprint density at radius 1 is 0.216 bits per heavy atom. The third-order valence-electron chi connectivity index (χ3n) is 8.67. The van der Waals surface area contributed by atoms with E-state index in [-0.39, 0.29) is 43.0 Å². The van der Waals surface area contributed by atoms with Crippen molar-refractivity contribution in [2.45, 2.75) is 29.4 Å². The van der Waals surface area contributed by atoms with Gasteiger partial charge in [0.2, 0.25) is 0 Å². The predicted octanol–water partition coefficient (Wildman–Crippen LogP) is 9.34. The van der Waals surface area contributed by atoms with Crippen LogP contribution in [0.3, 0.4) is 0 Å². The van der Waals surface area contributed by atoms with Crippen molar-refractivity contribution in [2.24, 2.45) is 0 Å². The molecule has 0 unspecified atom stereocenters. The van der Waals surface area contributed by atoms with Gasteiger partial charge in [-0.2, -0.15) is 0 Å². The number of benzene rings is 8. The maximum atomic E-state index is 2.32. The Labute approximate surface area is 317 Å². The SMILES string of the molecule is c1ccc([S+](c2ccccc2)c2ccc(-c3ccc([I+]c4ccc(-c5ccc([S+](c6ccccc6)c6ccccc6)cc5)cc4)cc3)cc2)cc1. The minimum atomic E-state index is -0.268. The zero-order valence-corrected chi connectivity index (χ0v) is 31.8. The first-order chi connectivity index (χ1) is 25.3. The van der Waals surface area contributed by atoms with E-state index in [1.165, 1.54) is 58.8 Å². The van der Waals surface area contributed by atoms with Crippen LogP contribution in [0.1, 0.15) is 0 Å². The zero-order valence-electron chi connectivity index (χ0n) is 28.0. The van der Waals surface area contributed by atoms with Gasteiger partial charge in [-0.25, -0.2) is 0 Å². The van der Waals surface area contributed by atoms with Gasteiger partial charge in [0.1, 0.15) is 0 Å². The molecule has 0 amide bonds. The van der Waals surface area contributed by atoms with Crippen molar-refractivity contribution in [3.63, 3.8) is 0 Å². The van der Waals surface area contributed by atoms with Gasteiger partial charge in [-0.15, -0.1) is 0 Å². The molecule has 0 nitrogen and oxygen atoms in total. The van der Waals surface area contributed by atoms with Gasteiger partial charge in [-0.3, -0.25) is 0 Å². The second-order valence-corrected chi connectivity index (χ2v) is 19.1. The Morgan fingerprint density at radius 3 is 0.686 bits per heavy atom. The van der Waals surface area contributed by atoms with Crippen molar-refractivity contribution in [2.75, 3.05) is 0 Å². The first-order valence-corrected chi connectivity index (χ1v) is 21.6. The van der Waals surface area contributed by atoms with Gasteiger partial charge in [0, 0.05) is 0 Å². The lowest BCUT2D eigenvalue weighted by molar-refractivity contribution is -0.597. The standard InChI is InChI=1S/C48H36IS2/c1-5-13-43(14-6-1)50(44-15-7-2-8-16-44)47-33-25-39(26-34-47)37-21-29-41(30-22-37)49-42-31-23-38(24-32-42)40-27-35-48(36-28-40)51(45-17-9-3-10-18-45)46-19-11-4-12-20-46/h1-36H/q+3. The van der Waals surface area contributed by atoms with E-state index >= 15 is 0 Å². The fraction of sp³-hybridized carbons (Fsp3) is 0. The molecule has 8 rings (SSSR count). The van der Waals surface area contributed by atoms with Gasteiger partial charge in [0.25, 0.3) is 0 Å². The van der Waals surface area contributed by atoms with Crippen LogP contribution in [0.15, 0.2) is 248 Å². The summed E-state index contributed by atoms with van der Waals surface area (Å²) in [7, 11) is -0.266. The van der Waals surface area contributed by atoms with Crippen LogP contribution < -0.4 is 21.2 Å². The molecule has 0 radical (unpaired) electrons. The molecule has 0 aliphatic carbocycles. The van der Waals surface area contributed by atoms with Gasteiger partial charge >= 0.3 is 21.2 Å².